The van der Waals surface area contributed by atoms with Crippen molar-refractivity contribution >= 4 is 29.7 Å². The van der Waals surface area contributed by atoms with Crippen LogP contribution in [0.15, 0.2) is 59.6 Å². The zero-order valence-electron chi connectivity index (χ0n) is 13.8. The molecule has 7 heteroatoms. The van der Waals surface area contributed by atoms with E-state index in [1.165, 1.54) is 6.08 Å². The van der Waals surface area contributed by atoms with Crippen LogP contribution in [-0.2, 0) is 4.79 Å². The van der Waals surface area contributed by atoms with E-state index in [0.717, 1.165) is 24.9 Å². The molecule has 0 atom stereocenters. The molecule has 0 saturated heterocycles. The van der Waals surface area contributed by atoms with Gasteiger partial charge in [-0.25, -0.2) is 9.59 Å². The number of esters is 1. The monoisotopic (exact) mass is 351 g/mol. The van der Waals surface area contributed by atoms with Crippen LogP contribution in [0.1, 0.15) is 15.9 Å². The number of anilines is 1. The zero-order valence-corrected chi connectivity index (χ0v) is 13.8. The van der Waals surface area contributed by atoms with Gasteiger partial charge in [-0.15, -0.1) is 0 Å². The van der Waals surface area contributed by atoms with Crippen molar-refractivity contribution in [1.29, 1.82) is 0 Å². The summed E-state index contributed by atoms with van der Waals surface area (Å²) in [4.78, 5) is 27.2. The number of aliphatic imine (C=N–C) groups is 1. The summed E-state index contributed by atoms with van der Waals surface area (Å²) in [6.07, 6.45) is 2.45. The number of ether oxygens (including phenoxy) is 1. The van der Waals surface area contributed by atoms with E-state index < -0.39 is 11.9 Å². The number of benzene rings is 2. The van der Waals surface area contributed by atoms with Crippen molar-refractivity contribution in [1.82, 2.24) is 5.32 Å². The lowest BCUT2D eigenvalue weighted by atomic mass is 10.2. The molecule has 2 aromatic carbocycles. The number of rotatable bonds is 5. The minimum atomic E-state index is -1.04. The minimum Gasteiger partial charge on any atom is -0.478 e. The first-order valence-corrected chi connectivity index (χ1v) is 7.99. The fraction of sp³-hybridized carbons (Fsp3) is 0.105. The van der Waals surface area contributed by atoms with Crippen LogP contribution in [-0.4, -0.2) is 36.1 Å². The van der Waals surface area contributed by atoms with Gasteiger partial charge < -0.3 is 20.5 Å². The predicted molar refractivity (Wildman–Crippen MR) is 98.4 cm³/mol. The molecular weight excluding hydrogens is 334 g/mol. The number of hydrogen-bond acceptors (Lipinski definition) is 6. The third-order valence-electron chi connectivity index (χ3n) is 3.52. The molecule has 2 aromatic rings. The molecule has 0 bridgehead atoms. The fourth-order valence-corrected chi connectivity index (χ4v) is 2.36. The van der Waals surface area contributed by atoms with Gasteiger partial charge in [0.25, 0.3) is 0 Å². The SMILES string of the molecule is O=C(O)/C=C/c1cccc(OC(=O)c2cccc(NC3=NCCN3)c2)c1. The number of carbonyl (C=O) groups excluding carboxylic acids is 1. The second-order valence-electron chi connectivity index (χ2n) is 5.50. The van der Waals surface area contributed by atoms with Crippen molar-refractivity contribution < 1.29 is 19.4 Å². The Kier molecular flexibility index (Phi) is 5.28. The molecule has 7 nitrogen and oxygen atoms in total. The van der Waals surface area contributed by atoms with Gasteiger partial charge in [0, 0.05) is 18.3 Å². The summed E-state index contributed by atoms with van der Waals surface area (Å²) in [5.41, 5.74) is 1.74. The maximum Gasteiger partial charge on any atom is 0.343 e. The van der Waals surface area contributed by atoms with E-state index in [9.17, 15) is 9.59 Å². The Labute approximate surface area is 150 Å². The molecule has 26 heavy (non-hydrogen) atoms. The quantitative estimate of drug-likeness (QED) is 0.434. The third kappa shape index (κ3) is 4.70. The van der Waals surface area contributed by atoms with E-state index in [-0.39, 0.29) is 0 Å². The number of aliphatic carboxylic acids is 1. The molecule has 1 aliphatic heterocycles. The summed E-state index contributed by atoms with van der Waals surface area (Å²) < 4.78 is 5.38. The van der Waals surface area contributed by atoms with Crippen LogP contribution in [0.2, 0.25) is 0 Å². The average molecular weight is 351 g/mol. The molecule has 3 rings (SSSR count). The lowest BCUT2D eigenvalue weighted by Gasteiger charge is -2.09. The Morgan fingerprint density at radius 1 is 1.19 bits per heavy atom. The molecule has 3 N–H and O–H groups in total. The van der Waals surface area contributed by atoms with Gasteiger partial charge in [0.05, 0.1) is 12.1 Å². The van der Waals surface area contributed by atoms with Crippen LogP contribution in [0.3, 0.4) is 0 Å². The Bertz CT molecular complexity index is 890. The maximum atomic E-state index is 12.4. The fourth-order valence-electron chi connectivity index (χ4n) is 2.36. The van der Waals surface area contributed by atoms with E-state index in [4.69, 9.17) is 9.84 Å². The Morgan fingerprint density at radius 3 is 2.81 bits per heavy atom. The van der Waals surface area contributed by atoms with E-state index in [0.29, 0.717) is 22.8 Å². The van der Waals surface area contributed by atoms with Crippen molar-refractivity contribution in [3.8, 4) is 5.75 Å². The summed E-state index contributed by atoms with van der Waals surface area (Å²) in [6.45, 7) is 1.51. The Morgan fingerprint density at radius 2 is 2.04 bits per heavy atom. The number of nitrogens with one attached hydrogen (secondary N) is 2. The number of hydrogen-bond donors (Lipinski definition) is 3. The molecular formula is C19H17N3O4. The van der Waals surface area contributed by atoms with Crippen molar-refractivity contribution in [3.05, 3.63) is 65.7 Å². The van der Waals surface area contributed by atoms with Gasteiger partial charge in [-0.05, 0) is 42.0 Å². The smallest absolute Gasteiger partial charge is 0.343 e. The number of carbonyl (C=O) groups is 2. The molecule has 132 valence electrons. The van der Waals surface area contributed by atoms with Crippen molar-refractivity contribution in [2.24, 2.45) is 4.99 Å². The van der Waals surface area contributed by atoms with Gasteiger partial charge in [-0.1, -0.05) is 18.2 Å². The van der Waals surface area contributed by atoms with Crippen LogP contribution >= 0.6 is 0 Å². The molecule has 0 amide bonds. The molecule has 0 saturated carbocycles. The summed E-state index contributed by atoms with van der Waals surface area (Å²) in [5, 5.41) is 14.9. The maximum absolute atomic E-state index is 12.4. The normalized spacial score (nSPS) is 13.2. The summed E-state index contributed by atoms with van der Waals surface area (Å²) >= 11 is 0. The van der Waals surface area contributed by atoms with Gasteiger partial charge in [0.2, 0.25) is 0 Å². The van der Waals surface area contributed by atoms with Crippen LogP contribution in [0.4, 0.5) is 5.69 Å². The third-order valence-corrected chi connectivity index (χ3v) is 3.52. The largest absolute Gasteiger partial charge is 0.478 e. The number of carboxylic acids is 1. The topological polar surface area (TPSA) is 100 Å². The first-order chi connectivity index (χ1) is 12.6. The number of nitrogens with zero attached hydrogens (tertiary/aromatic N) is 1. The van der Waals surface area contributed by atoms with E-state index in [1.54, 1.807) is 42.5 Å². The van der Waals surface area contributed by atoms with E-state index >= 15 is 0 Å². The highest BCUT2D eigenvalue weighted by atomic mass is 16.5. The summed E-state index contributed by atoms with van der Waals surface area (Å²) in [5.74, 6) is -0.538. The zero-order chi connectivity index (χ0) is 18.4. The van der Waals surface area contributed by atoms with Gasteiger partial charge >= 0.3 is 11.9 Å². The lowest BCUT2D eigenvalue weighted by molar-refractivity contribution is -0.131. The van der Waals surface area contributed by atoms with Crippen LogP contribution in [0.5, 0.6) is 5.75 Å². The second kappa shape index (κ2) is 7.98. The molecule has 0 aromatic heterocycles. The van der Waals surface area contributed by atoms with Gasteiger partial charge in [-0.2, -0.15) is 0 Å². The van der Waals surface area contributed by atoms with Gasteiger partial charge in [0.1, 0.15) is 5.75 Å². The predicted octanol–water partition coefficient (Wildman–Crippen LogP) is 2.37. The Hall–Kier alpha value is -3.61. The first kappa shape index (κ1) is 17.2. The summed E-state index contributed by atoms with van der Waals surface area (Å²) in [7, 11) is 0. The van der Waals surface area contributed by atoms with Crippen LogP contribution in [0.25, 0.3) is 6.08 Å². The molecule has 1 aliphatic rings. The van der Waals surface area contributed by atoms with Gasteiger partial charge in [0.15, 0.2) is 5.96 Å². The van der Waals surface area contributed by atoms with Crippen LogP contribution < -0.4 is 15.4 Å². The van der Waals surface area contributed by atoms with Crippen molar-refractivity contribution in [2.75, 3.05) is 18.4 Å². The standard InChI is InChI=1S/C19H17N3O4/c23-17(24)8-7-13-3-1-6-16(11-13)26-18(25)14-4-2-5-15(12-14)22-19-20-9-10-21-19/h1-8,11-12H,9-10H2,(H,23,24)(H2,20,21,22)/b8-7+. The highest BCUT2D eigenvalue weighted by molar-refractivity contribution is 5.97. The molecule has 0 radical (unpaired) electrons. The minimum absolute atomic E-state index is 0.336. The molecule has 1 heterocycles. The number of guanidine groups is 1. The Balaban J connectivity index is 1.70. The van der Waals surface area contributed by atoms with Crippen molar-refractivity contribution in [3.63, 3.8) is 0 Å². The number of carboxylic acid groups (broad SMARTS) is 1. The van der Waals surface area contributed by atoms with E-state index in [2.05, 4.69) is 15.6 Å². The lowest BCUT2D eigenvalue weighted by Crippen LogP contribution is -2.26. The van der Waals surface area contributed by atoms with Crippen molar-refractivity contribution in [2.45, 2.75) is 0 Å². The summed E-state index contributed by atoms with van der Waals surface area (Å²) in [6, 6.07) is 13.6. The van der Waals surface area contributed by atoms with E-state index in [1.807, 2.05) is 6.07 Å². The average Bonchev–Trinajstić information content (AvgIpc) is 3.13. The second-order valence-corrected chi connectivity index (χ2v) is 5.50. The highest BCUT2D eigenvalue weighted by Crippen LogP contribution is 2.18. The molecule has 0 spiro atoms. The first-order valence-electron chi connectivity index (χ1n) is 7.99. The van der Waals surface area contributed by atoms with Gasteiger partial charge in [-0.3, -0.25) is 4.99 Å². The molecule has 0 aliphatic carbocycles. The molecule has 0 unspecified atom stereocenters. The molecule has 0 fully saturated rings. The highest BCUT2D eigenvalue weighted by Gasteiger charge is 2.11. The van der Waals surface area contributed by atoms with Crippen LogP contribution in [0, 0.1) is 0 Å².